The highest BCUT2D eigenvalue weighted by atomic mass is 35.5. The van der Waals surface area contributed by atoms with Crippen molar-refractivity contribution in [2.75, 3.05) is 34.8 Å². The lowest BCUT2D eigenvalue weighted by Crippen LogP contribution is -2.55. The SMILES string of the molecule is Cl.N#Cc1ccc(NC(=O)[C@H](O)[C@H]2OCCN(c3ccc4c(c3)N(CC3CC3)C(=O)CC4)C2=O)cc1CN. The summed E-state index contributed by atoms with van der Waals surface area (Å²) in [6.07, 6.45) is 0.246. The van der Waals surface area contributed by atoms with Crippen molar-refractivity contribution in [2.24, 2.45) is 11.7 Å². The number of morpholine rings is 1. The van der Waals surface area contributed by atoms with E-state index in [-0.39, 0.29) is 38.0 Å². The van der Waals surface area contributed by atoms with Gasteiger partial charge in [-0.1, -0.05) is 6.07 Å². The predicted molar refractivity (Wildman–Crippen MR) is 143 cm³/mol. The van der Waals surface area contributed by atoms with Gasteiger partial charge < -0.3 is 30.7 Å². The van der Waals surface area contributed by atoms with Crippen LogP contribution in [0.25, 0.3) is 0 Å². The van der Waals surface area contributed by atoms with Crippen molar-refractivity contribution in [1.82, 2.24) is 0 Å². The molecule has 0 bridgehead atoms. The zero-order valence-electron chi connectivity index (χ0n) is 20.8. The van der Waals surface area contributed by atoms with Crippen LogP contribution in [0.15, 0.2) is 36.4 Å². The summed E-state index contributed by atoms with van der Waals surface area (Å²) < 4.78 is 5.53. The quantitative estimate of drug-likeness (QED) is 0.486. The number of ether oxygens (including phenoxy) is 1. The topological polar surface area (TPSA) is 149 Å². The number of carbonyl (C=O) groups is 3. The van der Waals surface area contributed by atoms with E-state index in [2.05, 4.69) is 5.32 Å². The Hall–Kier alpha value is -3.49. The molecule has 0 spiro atoms. The van der Waals surface area contributed by atoms with Crippen LogP contribution in [0.2, 0.25) is 0 Å². The number of aliphatic hydroxyl groups excluding tert-OH is 1. The molecule has 2 aromatic rings. The van der Waals surface area contributed by atoms with Crippen LogP contribution in [-0.4, -0.2) is 54.7 Å². The molecular weight excluding hydrogens is 510 g/mol. The van der Waals surface area contributed by atoms with Crippen LogP contribution in [0.1, 0.15) is 36.0 Å². The molecule has 4 N–H and O–H groups in total. The molecule has 3 amide bonds. The van der Waals surface area contributed by atoms with E-state index in [1.165, 1.54) is 17.0 Å². The summed E-state index contributed by atoms with van der Waals surface area (Å²) in [7, 11) is 0. The number of fused-ring (bicyclic) bond motifs is 1. The summed E-state index contributed by atoms with van der Waals surface area (Å²) in [6, 6.07) is 12.3. The summed E-state index contributed by atoms with van der Waals surface area (Å²) in [4.78, 5) is 42.1. The van der Waals surface area contributed by atoms with Gasteiger partial charge in [-0.25, -0.2) is 0 Å². The molecule has 38 heavy (non-hydrogen) atoms. The number of benzene rings is 2. The Bertz CT molecular complexity index is 1290. The normalized spacial score (nSPS) is 19.8. The molecule has 2 atom stereocenters. The number of aryl methyl sites for hydroxylation is 1. The average Bonchev–Trinajstić information content (AvgIpc) is 3.74. The van der Waals surface area contributed by atoms with Crippen molar-refractivity contribution in [3.05, 3.63) is 53.1 Å². The summed E-state index contributed by atoms with van der Waals surface area (Å²) in [5, 5.41) is 22.4. The zero-order chi connectivity index (χ0) is 26.1. The first-order valence-corrected chi connectivity index (χ1v) is 12.5. The molecule has 1 aliphatic carbocycles. The Morgan fingerprint density at radius 2 is 2.00 bits per heavy atom. The van der Waals surface area contributed by atoms with Gasteiger partial charge in [-0.15, -0.1) is 12.4 Å². The van der Waals surface area contributed by atoms with Crippen molar-refractivity contribution in [3.8, 4) is 6.07 Å². The molecule has 0 radical (unpaired) electrons. The highest BCUT2D eigenvalue weighted by molar-refractivity contribution is 6.04. The fourth-order valence-corrected chi connectivity index (χ4v) is 4.84. The fraction of sp³-hybridized carbons (Fsp3) is 0.407. The van der Waals surface area contributed by atoms with E-state index in [1.807, 2.05) is 29.2 Å². The van der Waals surface area contributed by atoms with Crippen molar-refractivity contribution >= 4 is 47.2 Å². The van der Waals surface area contributed by atoms with Crippen LogP contribution >= 0.6 is 12.4 Å². The maximum absolute atomic E-state index is 13.3. The molecule has 10 nitrogen and oxygen atoms in total. The molecule has 0 unspecified atom stereocenters. The van der Waals surface area contributed by atoms with E-state index < -0.39 is 24.0 Å². The number of halogens is 1. The monoisotopic (exact) mass is 539 g/mol. The fourth-order valence-electron chi connectivity index (χ4n) is 4.84. The zero-order valence-corrected chi connectivity index (χ0v) is 21.6. The van der Waals surface area contributed by atoms with Gasteiger partial charge in [0.15, 0.2) is 12.2 Å². The van der Waals surface area contributed by atoms with E-state index in [1.54, 1.807) is 6.07 Å². The highest BCUT2D eigenvalue weighted by Gasteiger charge is 2.40. The number of nitrogens with one attached hydrogen (secondary N) is 1. The number of hydrogen-bond donors (Lipinski definition) is 3. The van der Waals surface area contributed by atoms with Gasteiger partial charge in [0.2, 0.25) is 5.91 Å². The molecule has 3 aliphatic rings. The van der Waals surface area contributed by atoms with Crippen LogP contribution < -0.4 is 20.9 Å². The number of amides is 3. The summed E-state index contributed by atoms with van der Waals surface area (Å²) >= 11 is 0. The minimum Gasteiger partial charge on any atom is -0.380 e. The van der Waals surface area contributed by atoms with Gasteiger partial charge in [0.05, 0.1) is 18.2 Å². The molecule has 1 saturated carbocycles. The van der Waals surface area contributed by atoms with Crippen LogP contribution in [0.3, 0.4) is 0 Å². The van der Waals surface area contributed by atoms with Gasteiger partial charge in [-0.05, 0) is 66.6 Å². The molecule has 5 rings (SSSR count). The van der Waals surface area contributed by atoms with E-state index in [0.717, 1.165) is 24.1 Å². The third kappa shape index (κ3) is 5.51. The maximum atomic E-state index is 13.3. The molecule has 11 heteroatoms. The Labute approximate surface area is 226 Å². The third-order valence-electron chi connectivity index (χ3n) is 7.11. The number of rotatable bonds is 7. The van der Waals surface area contributed by atoms with Gasteiger partial charge in [0.1, 0.15) is 0 Å². The summed E-state index contributed by atoms with van der Waals surface area (Å²) in [5.41, 5.74) is 9.45. The first kappa shape index (κ1) is 27.5. The smallest absolute Gasteiger partial charge is 0.259 e. The highest BCUT2D eigenvalue weighted by Crippen LogP contribution is 2.37. The van der Waals surface area contributed by atoms with Crippen molar-refractivity contribution in [3.63, 3.8) is 0 Å². The van der Waals surface area contributed by atoms with Gasteiger partial charge in [0, 0.05) is 43.1 Å². The number of nitrogens with two attached hydrogens (primary N) is 1. The van der Waals surface area contributed by atoms with E-state index in [9.17, 15) is 19.5 Å². The number of hydrogen-bond acceptors (Lipinski definition) is 7. The Morgan fingerprint density at radius 1 is 1.21 bits per heavy atom. The molecule has 2 fully saturated rings. The summed E-state index contributed by atoms with van der Waals surface area (Å²) in [6.45, 7) is 1.19. The molecule has 2 aromatic carbocycles. The largest absolute Gasteiger partial charge is 0.380 e. The summed E-state index contributed by atoms with van der Waals surface area (Å²) in [5.74, 6) is -0.721. The predicted octanol–water partition coefficient (Wildman–Crippen LogP) is 1.86. The second-order valence-corrected chi connectivity index (χ2v) is 9.66. The lowest BCUT2D eigenvalue weighted by Gasteiger charge is -2.36. The van der Waals surface area contributed by atoms with Gasteiger partial charge in [-0.2, -0.15) is 5.26 Å². The molecule has 1 saturated heterocycles. The Balaban J connectivity index is 0.00000336. The lowest BCUT2D eigenvalue weighted by atomic mass is 9.99. The van der Waals surface area contributed by atoms with Crippen LogP contribution in [-0.2, 0) is 32.1 Å². The van der Waals surface area contributed by atoms with Gasteiger partial charge in [-0.3, -0.25) is 14.4 Å². The van der Waals surface area contributed by atoms with Crippen LogP contribution in [0.5, 0.6) is 0 Å². The van der Waals surface area contributed by atoms with E-state index in [0.29, 0.717) is 47.8 Å². The van der Waals surface area contributed by atoms with Gasteiger partial charge in [0.25, 0.3) is 11.8 Å². The number of aliphatic hydroxyl groups is 1. The van der Waals surface area contributed by atoms with E-state index in [4.69, 9.17) is 15.7 Å². The number of nitriles is 1. The van der Waals surface area contributed by atoms with Crippen molar-refractivity contribution in [1.29, 1.82) is 5.26 Å². The Morgan fingerprint density at radius 3 is 2.71 bits per heavy atom. The average molecular weight is 540 g/mol. The van der Waals surface area contributed by atoms with Crippen molar-refractivity contribution in [2.45, 2.75) is 44.4 Å². The van der Waals surface area contributed by atoms with Crippen molar-refractivity contribution < 1.29 is 24.2 Å². The lowest BCUT2D eigenvalue weighted by molar-refractivity contribution is -0.150. The van der Waals surface area contributed by atoms with E-state index >= 15 is 0 Å². The minimum atomic E-state index is -1.75. The molecule has 2 aliphatic heterocycles. The first-order chi connectivity index (χ1) is 17.9. The standard InChI is InChI=1S/C27H29N5O5.ClH/c28-13-18-3-6-20(11-19(18)14-29)30-26(35)24(34)25-27(36)31(9-10-37-25)21-7-4-17-5-8-23(33)32(22(17)12-21)15-16-1-2-16;/h3-4,6-7,11-12,16,24-25,34H,1-2,5,8-10,14-15,29H2,(H,30,35);1H/t24-,25-;/m1./s1. The minimum absolute atomic E-state index is 0. The number of anilines is 3. The number of carbonyl (C=O) groups excluding carboxylic acids is 3. The second-order valence-electron chi connectivity index (χ2n) is 9.66. The molecular formula is C27H30ClN5O5. The van der Waals surface area contributed by atoms with Crippen LogP contribution in [0.4, 0.5) is 17.1 Å². The van der Waals surface area contributed by atoms with Crippen LogP contribution in [0, 0.1) is 17.2 Å². The van der Waals surface area contributed by atoms with Gasteiger partial charge >= 0.3 is 0 Å². The molecule has 2 heterocycles. The number of nitrogens with zero attached hydrogens (tertiary/aromatic N) is 3. The molecule has 0 aromatic heterocycles. The maximum Gasteiger partial charge on any atom is 0.259 e. The third-order valence-corrected chi connectivity index (χ3v) is 7.11. The first-order valence-electron chi connectivity index (χ1n) is 12.5. The second kappa shape index (κ2) is 11.5. The Kier molecular flexibility index (Phi) is 8.33. The molecule has 200 valence electrons.